The Morgan fingerprint density at radius 3 is 1.83 bits per heavy atom. The molecule has 0 aliphatic heterocycles. The number of hydrogen-bond acceptors (Lipinski definition) is 8. The first kappa shape index (κ1) is 21.0. The van der Waals surface area contributed by atoms with Crippen LogP contribution in [-0.2, 0) is 14.4 Å². The fraction of sp³-hybridized carbons (Fsp3) is 0.273. The number of esters is 3. The summed E-state index contributed by atoms with van der Waals surface area (Å²) in [5.74, 6) is -1.28. The second kappa shape index (κ2) is 8.77. The van der Waals surface area contributed by atoms with Crippen molar-refractivity contribution in [1.29, 1.82) is 0 Å². The van der Waals surface area contributed by atoms with Gasteiger partial charge >= 0.3 is 23.5 Å². The Hall–Kier alpha value is -3.68. The molecule has 1 heterocycles. The van der Waals surface area contributed by atoms with Crippen LogP contribution in [0.3, 0.4) is 0 Å². The van der Waals surface area contributed by atoms with E-state index >= 15 is 0 Å². The number of benzene rings is 2. The van der Waals surface area contributed by atoms with Gasteiger partial charge in [0.05, 0.1) is 5.39 Å². The van der Waals surface area contributed by atoms with Crippen LogP contribution in [0.1, 0.15) is 40.0 Å². The molecule has 0 fully saturated rings. The molecule has 0 amide bonds. The minimum absolute atomic E-state index is 0.0181. The Labute approximate surface area is 171 Å². The van der Waals surface area contributed by atoms with Gasteiger partial charge in [-0.25, -0.2) is 4.79 Å². The molecule has 0 spiro atoms. The van der Waals surface area contributed by atoms with Crippen LogP contribution in [0.15, 0.2) is 39.5 Å². The van der Waals surface area contributed by atoms with Crippen LogP contribution >= 0.6 is 0 Å². The normalized spacial score (nSPS) is 10.8. The number of carbonyl (C=O) groups is 3. The maximum absolute atomic E-state index is 12.6. The van der Waals surface area contributed by atoms with Crippen LogP contribution in [0, 0.1) is 0 Å². The monoisotopic (exact) mass is 412 g/mol. The van der Waals surface area contributed by atoms with Gasteiger partial charge < -0.3 is 18.6 Å². The lowest BCUT2D eigenvalue weighted by Crippen LogP contribution is -2.11. The van der Waals surface area contributed by atoms with Gasteiger partial charge in [-0.05, 0) is 24.3 Å². The first-order chi connectivity index (χ1) is 14.4. The lowest BCUT2D eigenvalue weighted by atomic mass is 10.1. The topological polar surface area (TPSA) is 109 Å². The molecule has 8 heteroatoms. The molecule has 0 aliphatic carbocycles. The molecule has 0 aliphatic rings. The Morgan fingerprint density at radius 1 is 0.733 bits per heavy atom. The van der Waals surface area contributed by atoms with Crippen molar-refractivity contribution in [1.82, 2.24) is 0 Å². The molecule has 8 nitrogen and oxygen atoms in total. The zero-order chi connectivity index (χ0) is 21.8. The summed E-state index contributed by atoms with van der Waals surface area (Å²) in [6.45, 7) is 4.91. The Kier molecular flexibility index (Phi) is 6.15. The van der Waals surface area contributed by atoms with Crippen molar-refractivity contribution in [2.45, 2.75) is 40.0 Å². The molecule has 3 aromatic rings. The van der Waals surface area contributed by atoms with E-state index in [9.17, 15) is 19.2 Å². The van der Waals surface area contributed by atoms with Gasteiger partial charge in [-0.3, -0.25) is 14.4 Å². The highest BCUT2D eigenvalue weighted by Gasteiger charge is 2.18. The summed E-state index contributed by atoms with van der Waals surface area (Å²) < 4.78 is 21.1. The van der Waals surface area contributed by atoms with Crippen molar-refractivity contribution in [3.05, 3.63) is 40.8 Å². The van der Waals surface area contributed by atoms with Crippen LogP contribution in [0.25, 0.3) is 21.7 Å². The number of carbonyl (C=O) groups excluding carboxylic acids is 3. The van der Waals surface area contributed by atoms with Gasteiger partial charge in [0, 0.05) is 36.1 Å². The molecule has 0 saturated heterocycles. The second-order valence-electron chi connectivity index (χ2n) is 6.37. The first-order valence-electron chi connectivity index (χ1n) is 9.52. The lowest BCUT2D eigenvalue weighted by molar-refractivity contribution is -0.136. The third kappa shape index (κ3) is 4.32. The van der Waals surface area contributed by atoms with Gasteiger partial charge in [0.25, 0.3) is 0 Å². The van der Waals surface area contributed by atoms with Gasteiger partial charge in [0.2, 0.25) is 0 Å². The predicted octanol–water partition coefficient (Wildman–Crippen LogP) is 3.89. The van der Waals surface area contributed by atoms with E-state index < -0.39 is 23.5 Å². The molecule has 3 rings (SSSR count). The summed E-state index contributed by atoms with van der Waals surface area (Å²) in [5, 5.41) is 1.11. The van der Waals surface area contributed by atoms with E-state index in [0.29, 0.717) is 10.8 Å². The molecule has 156 valence electrons. The molecule has 0 radical (unpaired) electrons. The number of fused-ring (bicyclic) bond motifs is 3. The average Bonchev–Trinajstić information content (AvgIpc) is 2.74. The van der Waals surface area contributed by atoms with E-state index in [2.05, 4.69) is 0 Å². The minimum atomic E-state index is -0.682. The SMILES string of the molecule is CCC(=O)Oc1ccc2c(c1)oc(=O)c1cc(OC(=O)CC)c(OC(=O)CC)cc12. The predicted molar refractivity (Wildman–Crippen MR) is 108 cm³/mol. The molecular weight excluding hydrogens is 392 g/mol. The van der Waals surface area contributed by atoms with E-state index in [0.717, 1.165) is 0 Å². The van der Waals surface area contributed by atoms with Crippen LogP contribution in [0.2, 0.25) is 0 Å². The van der Waals surface area contributed by atoms with Gasteiger partial charge in [0.1, 0.15) is 11.3 Å². The van der Waals surface area contributed by atoms with E-state index in [1.165, 1.54) is 18.2 Å². The maximum atomic E-state index is 12.6. The zero-order valence-electron chi connectivity index (χ0n) is 16.8. The highest BCUT2D eigenvalue weighted by Crippen LogP contribution is 2.36. The molecule has 2 aromatic carbocycles. The van der Waals surface area contributed by atoms with Gasteiger partial charge in [-0.15, -0.1) is 0 Å². The Morgan fingerprint density at radius 2 is 1.27 bits per heavy atom. The second-order valence-corrected chi connectivity index (χ2v) is 6.37. The lowest BCUT2D eigenvalue weighted by Gasteiger charge is -2.12. The molecule has 0 atom stereocenters. The largest absolute Gasteiger partial charge is 0.426 e. The van der Waals surface area contributed by atoms with Crippen LogP contribution in [-0.4, -0.2) is 17.9 Å². The number of ether oxygens (including phenoxy) is 3. The molecule has 30 heavy (non-hydrogen) atoms. The molecule has 0 N–H and O–H groups in total. The highest BCUT2D eigenvalue weighted by atomic mass is 16.6. The summed E-state index contributed by atoms with van der Waals surface area (Å²) in [4.78, 5) is 47.7. The molecular formula is C22H20O8. The summed E-state index contributed by atoms with van der Waals surface area (Å²) in [7, 11) is 0. The standard InChI is InChI=1S/C22H20O8/c1-4-19(23)27-12-7-8-13-14-10-17(28-20(24)5-2)18(29-21(25)6-3)11-15(14)22(26)30-16(13)9-12/h7-11H,4-6H2,1-3H3. The van der Waals surface area contributed by atoms with E-state index in [1.54, 1.807) is 32.9 Å². The first-order valence-corrected chi connectivity index (χ1v) is 9.52. The van der Waals surface area contributed by atoms with Crippen molar-refractivity contribution in [3.63, 3.8) is 0 Å². The molecule has 0 bridgehead atoms. The van der Waals surface area contributed by atoms with Crippen molar-refractivity contribution >= 4 is 39.6 Å². The number of hydrogen-bond donors (Lipinski definition) is 0. The summed E-state index contributed by atoms with van der Waals surface area (Å²) in [6.07, 6.45) is 0.416. The van der Waals surface area contributed by atoms with Gasteiger partial charge in [0.15, 0.2) is 11.5 Å². The highest BCUT2D eigenvalue weighted by molar-refractivity contribution is 6.06. The third-order valence-corrected chi connectivity index (χ3v) is 4.29. The van der Waals surface area contributed by atoms with Crippen LogP contribution < -0.4 is 19.8 Å². The van der Waals surface area contributed by atoms with Crippen molar-refractivity contribution in [2.75, 3.05) is 0 Å². The number of rotatable bonds is 6. The van der Waals surface area contributed by atoms with Crippen LogP contribution in [0.4, 0.5) is 0 Å². The summed E-state index contributed by atoms with van der Waals surface area (Å²) in [6, 6.07) is 7.40. The fourth-order valence-corrected chi connectivity index (χ4v) is 2.73. The van der Waals surface area contributed by atoms with Crippen molar-refractivity contribution in [3.8, 4) is 17.2 Å². The van der Waals surface area contributed by atoms with Crippen molar-refractivity contribution < 1.29 is 33.0 Å². The summed E-state index contributed by atoms with van der Waals surface area (Å²) in [5.41, 5.74) is -0.487. The zero-order valence-corrected chi connectivity index (χ0v) is 16.8. The van der Waals surface area contributed by atoms with Gasteiger partial charge in [-0.2, -0.15) is 0 Å². The molecule has 1 aromatic heterocycles. The fourth-order valence-electron chi connectivity index (χ4n) is 2.73. The van der Waals surface area contributed by atoms with Crippen molar-refractivity contribution in [2.24, 2.45) is 0 Å². The average molecular weight is 412 g/mol. The van der Waals surface area contributed by atoms with Crippen LogP contribution in [0.5, 0.6) is 17.2 Å². The van der Waals surface area contributed by atoms with E-state index in [1.807, 2.05) is 0 Å². The Bertz CT molecular complexity index is 1210. The maximum Gasteiger partial charge on any atom is 0.344 e. The summed E-state index contributed by atoms with van der Waals surface area (Å²) >= 11 is 0. The molecule has 0 unspecified atom stereocenters. The smallest absolute Gasteiger partial charge is 0.344 e. The quantitative estimate of drug-likeness (QED) is 0.260. The molecule has 0 saturated carbocycles. The minimum Gasteiger partial charge on any atom is -0.426 e. The van der Waals surface area contributed by atoms with E-state index in [-0.39, 0.29) is 47.5 Å². The van der Waals surface area contributed by atoms with E-state index in [4.69, 9.17) is 18.6 Å². The third-order valence-electron chi connectivity index (χ3n) is 4.29. The Balaban J connectivity index is 2.21. The van der Waals surface area contributed by atoms with Gasteiger partial charge in [-0.1, -0.05) is 20.8 Å².